The van der Waals surface area contributed by atoms with E-state index in [1.165, 1.54) is 6.07 Å². The molecule has 2 aliphatic heterocycles. The Morgan fingerprint density at radius 1 is 1.02 bits per heavy atom. The highest BCUT2D eigenvalue weighted by Crippen LogP contribution is 2.38. The third kappa shape index (κ3) is 7.25. The lowest BCUT2D eigenvalue weighted by Crippen LogP contribution is -2.59. The van der Waals surface area contributed by atoms with E-state index in [1.54, 1.807) is 24.8 Å². The lowest BCUT2D eigenvalue weighted by atomic mass is 9.93. The molecule has 2 atom stereocenters. The maximum absolute atomic E-state index is 13.5. The molecule has 2 saturated heterocycles. The Kier molecular flexibility index (Phi) is 10.4. The monoisotopic (exact) mass is 607 g/mol. The van der Waals surface area contributed by atoms with Crippen molar-refractivity contribution in [1.82, 2.24) is 14.7 Å². The summed E-state index contributed by atoms with van der Waals surface area (Å²) >= 11 is 5.58. The number of rotatable bonds is 9. The van der Waals surface area contributed by atoms with Crippen LogP contribution in [-0.4, -0.2) is 75.4 Å². The summed E-state index contributed by atoms with van der Waals surface area (Å²) in [6, 6.07) is 5.42. The van der Waals surface area contributed by atoms with Gasteiger partial charge in [-0.3, -0.25) is 19.4 Å². The summed E-state index contributed by atoms with van der Waals surface area (Å²) in [5.41, 5.74) is -2.94. The molecule has 2 fully saturated rings. The second-order valence-electron chi connectivity index (χ2n) is 13.1. The van der Waals surface area contributed by atoms with Crippen molar-refractivity contribution < 1.29 is 22.8 Å². The largest absolute Gasteiger partial charge is 0.417 e. The number of anilines is 1. The zero-order valence-corrected chi connectivity index (χ0v) is 26.7. The lowest BCUT2D eigenvalue weighted by Gasteiger charge is -2.46. The van der Waals surface area contributed by atoms with Gasteiger partial charge in [0, 0.05) is 37.1 Å². The van der Waals surface area contributed by atoms with Crippen molar-refractivity contribution in [2.75, 3.05) is 31.1 Å². The zero-order chi connectivity index (χ0) is 31.6. The van der Waals surface area contributed by atoms with Gasteiger partial charge in [-0.1, -0.05) is 40.0 Å². The fourth-order valence-corrected chi connectivity index (χ4v) is 6.48. The number of nitriles is 1. The van der Waals surface area contributed by atoms with E-state index in [9.17, 15) is 22.8 Å². The molecule has 0 radical (unpaired) electrons. The number of thiocarbonyl (C=S) groups is 1. The molecular weight excluding hydrogens is 563 g/mol. The van der Waals surface area contributed by atoms with Crippen LogP contribution in [0.2, 0.25) is 0 Å². The first-order chi connectivity index (χ1) is 19.4. The van der Waals surface area contributed by atoms with Crippen LogP contribution < -0.4 is 4.90 Å². The SMILES string of the molecule is C[C@@H]1CN(C(=O)C(C)(C)C)C[C@H](C)N1CCCCCCCN1C(=S)N(c2ccc(C#N)c(C(F)(F)F)c2)C(=O)C1(C)C. The Morgan fingerprint density at radius 2 is 1.57 bits per heavy atom. The number of nitrogens with zero attached hydrogens (tertiary/aromatic N) is 5. The molecule has 0 saturated carbocycles. The summed E-state index contributed by atoms with van der Waals surface area (Å²) in [6.07, 6.45) is 0.154. The molecule has 1 aromatic rings. The van der Waals surface area contributed by atoms with Crippen LogP contribution in [-0.2, 0) is 15.8 Å². The van der Waals surface area contributed by atoms with Crippen molar-refractivity contribution in [2.45, 2.75) is 104 Å². The first kappa shape index (κ1) is 33.8. The van der Waals surface area contributed by atoms with Gasteiger partial charge < -0.3 is 9.80 Å². The third-order valence-electron chi connectivity index (χ3n) is 8.34. The van der Waals surface area contributed by atoms with Gasteiger partial charge >= 0.3 is 6.18 Å². The van der Waals surface area contributed by atoms with Crippen LogP contribution in [0.4, 0.5) is 18.9 Å². The number of alkyl halides is 3. The molecule has 11 heteroatoms. The smallest absolute Gasteiger partial charge is 0.339 e. The van der Waals surface area contributed by atoms with E-state index in [2.05, 4.69) is 18.7 Å². The minimum atomic E-state index is -4.73. The van der Waals surface area contributed by atoms with Gasteiger partial charge in [-0.15, -0.1) is 0 Å². The van der Waals surface area contributed by atoms with Crippen LogP contribution in [0, 0.1) is 16.7 Å². The Labute approximate surface area is 253 Å². The molecule has 0 aliphatic carbocycles. The number of carbonyl (C=O) groups excluding carboxylic acids is 2. The maximum Gasteiger partial charge on any atom is 0.417 e. The second-order valence-corrected chi connectivity index (χ2v) is 13.5. The topological polar surface area (TPSA) is 70.9 Å². The van der Waals surface area contributed by atoms with Crippen LogP contribution in [0.25, 0.3) is 0 Å². The minimum absolute atomic E-state index is 0.0129. The van der Waals surface area contributed by atoms with Gasteiger partial charge in [-0.05, 0) is 77.5 Å². The number of unbranched alkanes of at least 4 members (excludes halogenated alkanes) is 4. The molecule has 232 valence electrons. The van der Waals surface area contributed by atoms with Gasteiger partial charge in [0.05, 0.1) is 22.9 Å². The van der Waals surface area contributed by atoms with Gasteiger partial charge in [0.25, 0.3) is 5.91 Å². The quantitative estimate of drug-likeness (QED) is 0.246. The molecule has 0 N–H and O–H groups in total. The molecule has 42 heavy (non-hydrogen) atoms. The second kappa shape index (κ2) is 12.9. The summed E-state index contributed by atoms with van der Waals surface area (Å²) in [4.78, 5) is 33.4. The summed E-state index contributed by atoms with van der Waals surface area (Å²) in [5, 5.41) is 9.28. The molecule has 0 unspecified atom stereocenters. The van der Waals surface area contributed by atoms with E-state index >= 15 is 0 Å². The molecule has 3 rings (SSSR count). The van der Waals surface area contributed by atoms with E-state index in [0.29, 0.717) is 18.6 Å². The van der Waals surface area contributed by atoms with Crippen LogP contribution in [0.1, 0.15) is 91.7 Å². The Morgan fingerprint density at radius 3 is 2.10 bits per heavy atom. The molecule has 0 aromatic heterocycles. The number of piperazine rings is 1. The Hall–Kier alpha value is -2.71. The highest BCUT2D eigenvalue weighted by atomic mass is 32.1. The fourth-order valence-electron chi connectivity index (χ4n) is 5.97. The number of halogens is 3. The summed E-state index contributed by atoms with van der Waals surface area (Å²) in [6.45, 7) is 16.7. The zero-order valence-electron chi connectivity index (χ0n) is 25.8. The molecular formula is C31H44F3N5O2S. The molecule has 7 nitrogen and oxygen atoms in total. The van der Waals surface area contributed by atoms with Gasteiger partial charge in [0.15, 0.2) is 5.11 Å². The predicted octanol–water partition coefficient (Wildman–Crippen LogP) is 6.21. The minimum Gasteiger partial charge on any atom is -0.339 e. The van der Waals surface area contributed by atoms with Gasteiger partial charge in [-0.2, -0.15) is 18.4 Å². The van der Waals surface area contributed by atoms with Crippen molar-refractivity contribution in [1.29, 1.82) is 5.26 Å². The summed E-state index contributed by atoms with van der Waals surface area (Å²) in [5.74, 6) is -0.188. The van der Waals surface area contributed by atoms with E-state index < -0.39 is 28.7 Å². The Bertz CT molecular complexity index is 1210. The van der Waals surface area contributed by atoms with E-state index in [1.807, 2.05) is 25.7 Å². The van der Waals surface area contributed by atoms with Crippen LogP contribution in [0.15, 0.2) is 18.2 Å². The summed E-state index contributed by atoms with van der Waals surface area (Å²) in [7, 11) is 0. The fraction of sp³-hybridized carbons (Fsp3) is 0.677. The van der Waals surface area contributed by atoms with Crippen molar-refractivity contribution in [2.24, 2.45) is 5.41 Å². The molecule has 0 spiro atoms. The van der Waals surface area contributed by atoms with E-state index in [4.69, 9.17) is 17.5 Å². The number of carbonyl (C=O) groups is 2. The predicted molar refractivity (Wildman–Crippen MR) is 162 cm³/mol. The van der Waals surface area contributed by atoms with Crippen molar-refractivity contribution in [3.05, 3.63) is 29.3 Å². The number of hydrogen-bond donors (Lipinski definition) is 0. The molecule has 2 heterocycles. The average Bonchev–Trinajstić information content (AvgIpc) is 3.05. The number of hydrogen-bond acceptors (Lipinski definition) is 5. The van der Waals surface area contributed by atoms with Gasteiger partial charge in [-0.25, -0.2) is 0 Å². The third-order valence-corrected chi connectivity index (χ3v) is 8.74. The Balaban J connectivity index is 1.49. The number of benzene rings is 1. The summed E-state index contributed by atoms with van der Waals surface area (Å²) < 4.78 is 40.6. The number of amides is 2. The average molecular weight is 608 g/mol. The molecule has 0 bridgehead atoms. The molecule has 1 aromatic carbocycles. The first-order valence-electron chi connectivity index (χ1n) is 14.7. The van der Waals surface area contributed by atoms with Gasteiger partial charge in [0.2, 0.25) is 5.91 Å². The van der Waals surface area contributed by atoms with Crippen LogP contribution in [0.3, 0.4) is 0 Å². The van der Waals surface area contributed by atoms with Crippen molar-refractivity contribution >= 4 is 34.8 Å². The lowest BCUT2D eigenvalue weighted by molar-refractivity contribution is -0.144. The normalized spacial score (nSPS) is 21.7. The van der Waals surface area contributed by atoms with Crippen molar-refractivity contribution in [3.63, 3.8) is 0 Å². The maximum atomic E-state index is 13.5. The highest BCUT2D eigenvalue weighted by Gasteiger charge is 2.49. The van der Waals surface area contributed by atoms with Crippen LogP contribution in [0.5, 0.6) is 0 Å². The highest BCUT2D eigenvalue weighted by molar-refractivity contribution is 7.80. The molecule has 2 amide bonds. The van der Waals surface area contributed by atoms with E-state index in [-0.39, 0.29) is 22.1 Å². The van der Waals surface area contributed by atoms with E-state index in [0.717, 1.165) is 68.8 Å². The molecule has 2 aliphatic rings. The standard InChI is InChI=1S/C31H44F3N5O2S/c1-21-19-36(26(40)29(3,4)5)20-22(2)37(21)15-11-9-8-10-12-16-38-28(42)39(27(41)30(38,6)7)24-14-13-23(18-35)25(17-24)31(32,33)34/h13-14,17,21-22H,8-12,15-16,19-20H2,1-7H3/t21-,22+. The van der Waals surface area contributed by atoms with Crippen molar-refractivity contribution in [3.8, 4) is 6.07 Å². The van der Waals surface area contributed by atoms with Gasteiger partial charge in [0.1, 0.15) is 5.54 Å². The first-order valence-corrected chi connectivity index (χ1v) is 15.1. The van der Waals surface area contributed by atoms with Crippen LogP contribution >= 0.6 is 12.2 Å².